The molecule has 1 aromatic heterocycles. The van der Waals surface area contributed by atoms with Crippen LogP contribution in [0.2, 0.25) is 0 Å². The van der Waals surface area contributed by atoms with E-state index in [-0.39, 0.29) is 0 Å². The summed E-state index contributed by atoms with van der Waals surface area (Å²) in [6.07, 6.45) is 1.92. The van der Waals surface area contributed by atoms with E-state index in [2.05, 4.69) is 10.4 Å². The fourth-order valence-corrected chi connectivity index (χ4v) is 1.79. The summed E-state index contributed by atoms with van der Waals surface area (Å²) in [6.45, 7) is 5.11. The molecule has 0 amide bonds. The van der Waals surface area contributed by atoms with Gasteiger partial charge >= 0.3 is 0 Å². The van der Waals surface area contributed by atoms with Crippen LogP contribution in [0.15, 0.2) is 42.6 Å². The Morgan fingerprint density at radius 3 is 2.61 bits per heavy atom. The largest absolute Gasteiger partial charge is 0.384 e. The summed E-state index contributed by atoms with van der Waals surface area (Å²) >= 11 is 0. The van der Waals surface area contributed by atoms with Crippen LogP contribution in [0.5, 0.6) is 0 Å². The van der Waals surface area contributed by atoms with Gasteiger partial charge in [-0.2, -0.15) is 5.10 Å². The lowest BCUT2D eigenvalue weighted by Crippen LogP contribution is -2.30. The van der Waals surface area contributed by atoms with Crippen molar-refractivity contribution in [2.45, 2.75) is 26.0 Å². The summed E-state index contributed by atoms with van der Waals surface area (Å²) in [4.78, 5) is 0. The predicted molar refractivity (Wildman–Crippen MR) is 72.4 cm³/mol. The fraction of sp³-hybridized carbons (Fsp3) is 0.357. The van der Waals surface area contributed by atoms with Crippen LogP contribution >= 0.6 is 0 Å². The monoisotopic (exact) mass is 245 g/mol. The van der Waals surface area contributed by atoms with Crippen molar-refractivity contribution < 1.29 is 5.11 Å². The van der Waals surface area contributed by atoms with Crippen LogP contribution in [0.3, 0.4) is 0 Å². The molecule has 0 saturated heterocycles. The van der Waals surface area contributed by atoms with E-state index in [0.717, 1.165) is 17.9 Å². The second-order valence-corrected chi connectivity index (χ2v) is 4.55. The van der Waals surface area contributed by atoms with Crippen molar-refractivity contribution in [1.29, 1.82) is 0 Å². The minimum atomic E-state index is -0.906. The van der Waals surface area contributed by atoms with Crippen LogP contribution in [-0.4, -0.2) is 21.4 Å². The van der Waals surface area contributed by atoms with Gasteiger partial charge in [-0.15, -0.1) is 0 Å². The molecule has 2 N–H and O–H groups in total. The van der Waals surface area contributed by atoms with Crippen LogP contribution in [0.4, 0.5) is 5.82 Å². The van der Waals surface area contributed by atoms with Crippen molar-refractivity contribution in [3.05, 3.63) is 48.2 Å². The molecule has 0 radical (unpaired) electrons. The first-order valence-electron chi connectivity index (χ1n) is 6.17. The van der Waals surface area contributed by atoms with Gasteiger partial charge in [0.1, 0.15) is 11.4 Å². The Balaban J connectivity index is 2.00. The van der Waals surface area contributed by atoms with Crippen LogP contribution in [0.25, 0.3) is 0 Å². The van der Waals surface area contributed by atoms with E-state index in [4.69, 9.17) is 0 Å². The lowest BCUT2D eigenvalue weighted by atomic mass is 9.96. The van der Waals surface area contributed by atoms with E-state index < -0.39 is 5.60 Å². The molecule has 0 saturated carbocycles. The molecule has 2 rings (SSSR count). The van der Waals surface area contributed by atoms with Crippen LogP contribution in [-0.2, 0) is 12.1 Å². The number of rotatable bonds is 5. The SMILES string of the molecule is CCn1ccc(NCC(C)(O)c2ccccc2)n1. The Kier molecular flexibility index (Phi) is 3.67. The highest BCUT2D eigenvalue weighted by atomic mass is 16.3. The topological polar surface area (TPSA) is 50.1 Å². The number of aromatic nitrogens is 2. The molecule has 0 spiro atoms. The summed E-state index contributed by atoms with van der Waals surface area (Å²) in [5.74, 6) is 0.785. The van der Waals surface area contributed by atoms with Crippen LogP contribution in [0.1, 0.15) is 19.4 Å². The molecule has 1 heterocycles. The number of aliphatic hydroxyl groups is 1. The van der Waals surface area contributed by atoms with Gasteiger partial charge in [0.2, 0.25) is 0 Å². The molecule has 1 aromatic carbocycles. The maximum absolute atomic E-state index is 10.4. The number of benzene rings is 1. The third-order valence-electron chi connectivity index (χ3n) is 2.97. The number of hydrogen-bond donors (Lipinski definition) is 2. The number of anilines is 1. The van der Waals surface area contributed by atoms with Crippen LogP contribution < -0.4 is 5.32 Å². The van der Waals surface area contributed by atoms with Crippen molar-refractivity contribution in [3.8, 4) is 0 Å². The third kappa shape index (κ3) is 2.90. The Hall–Kier alpha value is -1.81. The smallest absolute Gasteiger partial charge is 0.148 e. The molecule has 96 valence electrons. The zero-order valence-corrected chi connectivity index (χ0v) is 10.8. The molecule has 18 heavy (non-hydrogen) atoms. The fourth-order valence-electron chi connectivity index (χ4n) is 1.79. The van der Waals surface area contributed by atoms with E-state index in [0.29, 0.717) is 6.54 Å². The van der Waals surface area contributed by atoms with Crippen molar-refractivity contribution in [2.75, 3.05) is 11.9 Å². The second-order valence-electron chi connectivity index (χ2n) is 4.55. The van der Waals surface area contributed by atoms with Gasteiger partial charge in [-0.1, -0.05) is 30.3 Å². The molecule has 2 aromatic rings. The molecule has 4 nitrogen and oxygen atoms in total. The van der Waals surface area contributed by atoms with E-state index in [1.807, 2.05) is 54.2 Å². The molecule has 0 aliphatic rings. The van der Waals surface area contributed by atoms with Gasteiger partial charge in [-0.05, 0) is 19.4 Å². The average molecular weight is 245 g/mol. The second kappa shape index (κ2) is 5.23. The summed E-state index contributed by atoms with van der Waals surface area (Å²) < 4.78 is 1.85. The summed E-state index contributed by atoms with van der Waals surface area (Å²) in [7, 11) is 0. The number of aryl methyl sites for hydroxylation is 1. The third-order valence-corrected chi connectivity index (χ3v) is 2.97. The highest BCUT2D eigenvalue weighted by molar-refractivity contribution is 5.34. The number of nitrogens with zero attached hydrogens (tertiary/aromatic N) is 2. The van der Waals surface area contributed by atoms with Crippen molar-refractivity contribution in [2.24, 2.45) is 0 Å². The van der Waals surface area contributed by atoms with Gasteiger partial charge in [0, 0.05) is 25.4 Å². The van der Waals surface area contributed by atoms with E-state index in [1.54, 1.807) is 6.92 Å². The first-order chi connectivity index (χ1) is 8.62. The summed E-state index contributed by atoms with van der Waals surface area (Å²) in [6, 6.07) is 11.5. The summed E-state index contributed by atoms with van der Waals surface area (Å²) in [5.41, 5.74) is -0.00974. The van der Waals surface area contributed by atoms with E-state index >= 15 is 0 Å². The normalized spacial score (nSPS) is 14.2. The van der Waals surface area contributed by atoms with E-state index in [9.17, 15) is 5.11 Å². The molecule has 1 atom stereocenters. The first-order valence-corrected chi connectivity index (χ1v) is 6.17. The predicted octanol–water partition coefficient (Wildman–Crippen LogP) is 2.22. The zero-order chi connectivity index (χ0) is 13.0. The summed E-state index contributed by atoms with van der Waals surface area (Å²) in [5, 5.41) is 17.9. The maximum atomic E-state index is 10.4. The number of hydrogen-bond acceptors (Lipinski definition) is 3. The van der Waals surface area contributed by atoms with Gasteiger partial charge < -0.3 is 10.4 Å². The van der Waals surface area contributed by atoms with Gasteiger partial charge in [0.25, 0.3) is 0 Å². The minimum Gasteiger partial charge on any atom is -0.384 e. The Morgan fingerprint density at radius 1 is 1.28 bits per heavy atom. The molecular weight excluding hydrogens is 226 g/mol. The van der Waals surface area contributed by atoms with Gasteiger partial charge in [0.15, 0.2) is 0 Å². The Labute approximate surface area is 107 Å². The first kappa shape index (κ1) is 12.6. The minimum absolute atomic E-state index is 0.428. The highest BCUT2D eigenvalue weighted by Crippen LogP contribution is 2.20. The zero-order valence-electron chi connectivity index (χ0n) is 10.8. The molecule has 0 aliphatic carbocycles. The van der Waals surface area contributed by atoms with Gasteiger partial charge in [0.05, 0.1) is 0 Å². The van der Waals surface area contributed by atoms with E-state index in [1.165, 1.54) is 0 Å². The molecule has 1 unspecified atom stereocenters. The maximum Gasteiger partial charge on any atom is 0.148 e. The highest BCUT2D eigenvalue weighted by Gasteiger charge is 2.22. The van der Waals surface area contributed by atoms with Gasteiger partial charge in [-0.3, -0.25) is 4.68 Å². The molecule has 0 bridgehead atoms. The molecule has 4 heteroatoms. The lowest BCUT2D eigenvalue weighted by molar-refractivity contribution is 0.0714. The van der Waals surface area contributed by atoms with Crippen molar-refractivity contribution in [1.82, 2.24) is 9.78 Å². The standard InChI is InChI=1S/C14H19N3O/c1-3-17-10-9-13(16-17)15-11-14(2,18)12-7-5-4-6-8-12/h4-10,18H,3,11H2,1-2H3,(H,15,16). The molecular formula is C14H19N3O. The number of nitrogens with one attached hydrogen (secondary N) is 1. The Morgan fingerprint density at radius 2 is 2.00 bits per heavy atom. The Bertz CT molecular complexity index is 491. The quantitative estimate of drug-likeness (QED) is 0.849. The van der Waals surface area contributed by atoms with Gasteiger partial charge in [-0.25, -0.2) is 0 Å². The molecule has 0 fully saturated rings. The van der Waals surface area contributed by atoms with Crippen molar-refractivity contribution in [3.63, 3.8) is 0 Å². The lowest BCUT2D eigenvalue weighted by Gasteiger charge is -2.24. The van der Waals surface area contributed by atoms with Crippen molar-refractivity contribution >= 4 is 5.82 Å². The van der Waals surface area contributed by atoms with Crippen LogP contribution in [0, 0.1) is 0 Å². The molecule has 0 aliphatic heterocycles. The average Bonchev–Trinajstić information content (AvgIpc) is 2.86.